The minimum Gasteiger partial charge on any atom is -0.492 e. The molecule has 3 aromatic carbocycles. The molecule has 1 unspecified atom stereocenters. The number of hydrogen-bond donors (Lipinski definition) is 1. The summed E-state index contributed by atoms with van der Waals surface area (Å²) in [5.74, 6) is 0.435. The lowest BCUT2D eigenvalue weighted by Gasteiger charge is -2.15. The van der Waals surface area contributed by atoms with Gasteiger partial charge in [-0.05, 0) is 68.4 Å². The first-order valence-electron chi connectivity index (χ1n) is 9.35. The van der Waals surface area contributed by atoms with Crippen LogP contribution in [0.1, 0.15) is 30.6 Å². The van der Waals surface area contributed by atoms with Gasteiger partial charge in [-0.15, -0.1) is 0 Å². The van der Waals surface area contributed by atoms with Crippen LogP contribution in [0.15, 0.2) is 71.2 Å². The van der Waals surface area contributed by atoms with Crippen molar-refractivity contribution < 1.29 is 14.6 Å². The van der Waals surface area contributed by atoms with Crippen LogP contribution >= 0.6 is 15.9 Å². The van der Waals surface area contributed by atoms with Gasteiger partial charge >= 0.3 is 5.97 Å². The molecule has 0 aliphatic heterocycles. The maximum atomic E-state index is 11.1. The van der Waals surface area contributed by atoms with E-state index >= 15 is 0 Å². The number of hydrogen-bond acceptors (Lipinski definition) is 2. The van der Waals surface area contributed by atoms with E-state index in [0.717, 1.165) is 38.9 Å². The van der Waals surface area contributed by atoms with Crippen molar-refractivity contribution in [3.8, 4) is 28.0 Å². The molecule has 0 radical (unpaired) electrons. The summed E-state index contributed by atoms with van der Waals surface area (Å²) in [5.41, 5.74) is 4.47. The topological polar surface area (TPSA) is 46.5 Å². The minimum absolute atomic E-state index is 0.284. The molecule has 0 heterocycles. The van der Waals surface area contributed by atoms with Crippen LogP contribution in [0.5, 0.6) is 5.75 Å². The molecular formula is C24H23BrO3. The van der Waals surface area contributed by atoms with Crippen LogP contribution in [0, 0.1) is 5.92 Å². The van der Waals surface area contributed by atoms with Gasteiger partial charge in [-0.3, -0.25) is 0 Å². The Kier molecular flexibility index (Phi) is 6.53. The van der Waals surface area contributed by atoms with Gasteiger partial charge in [0, 0.05) is 0 Å². The summed E-state index contributed by atoms with van der Waals surface area (Å²) in [6.07, 6.45) is 1.09. The SMILES string of the molecule is CCC(C)COc1ccc(-c2ccccc2-c2ccc(C(=O)O)cc2)cc1Br. The third kappa shape index (κ3) is 4.63. The Morgan fingerprint density at radius 3 is 2.18 bits per heavy atom. The van der Waals surface area contributed by atoms with Gasteiger partial charge in [0.05, 0.1) is 16.6 Å². The molecule has 0 bridgehead atoms. The molecule has 0 amide bonds. The van der Waals surface area contributed by atoms with Gasteiger partial charge < -0.3 is 9.84 Å². The number of rotatable bonds is 7. The number of carboxylic acids is 1. The normalized spacial score (nSPS) is 11.8. The zero-order chi connectivity index (χ0) is 20.1. The van der Waals surface area contributed by atoms with Crippen LogP contribution in [0.2, 0.25) is 0 Å². The van der Waals surface area contributed by atoms with Crippen molar-refractivity contribution >= 4 is 21.9 Å². The van der Waals surface area contributed by atoms with Crippen LogP contribution in [-0.4, -0.2) is 17.7 Å². The Morgan fingerprint density at radius 1 is 1.00 bits per heavy atom. The molecule has 1 atom stereocenters. The van der Waals surface area contributed by atoms with E-state index in [-0.39, 0.29) is 5.56 Å². The second kappa shape index (κ2) is 9.07. The molecule has 4 heteroatoms. The van der Waals surface area contributed by atoms with Crippen molar-refractivity contribution in [1.82, 2.24) is 0 Å². The Balaban J connectivity index is 1.92. The van der Waals surface area contributed by atoms with Crippen LogP contribution in [0.25, 0.3) is 22.3 Å². The van der Waals surface area contributed by atoms with Gasteiger partial charge in [0.15, 0.2) is 0 Å². The summed E-state index contributed by atoms with van der Waals surface area (Å²) in [7, 11) is 0. The molecule has 0 fully saturated rings. The summed E-state index contributed by atoms with van der Waals surface area (Å²) >= 11 is 3.63. The van der Waals surface area contributed by atoms with Crippen LogP contribution in [-0.2, 0) is 0 Å². The molecule has 144 valence electrons. The maximum absolute atomic E-state index is 11.1. The predicted octanol–water partition coefficient (Wildman–Crippen LogP) is 6.91. The lowest BCUT2D eigenvalue weighted by atomic mass is 9.94. The number of carbonyl (C=O) groups is 1. The van der Waals surface area contributed by atoms with Crippen molar-refractivity contribution in [2.45, 2.75) is 20.3 Å². The number of aromatic carboxylic acids is 1. The second-order valence-electron chi connectivity index (χ2n) is 6.90. The van der Waals surface area contributed by atoms with Crippen molar-refractivity contribution in [3.63, 3.8) is 0 Å². The molecule has 0 saturated carbocycles. The summed E-state index contributed by atoms with van der Waals surface area (Å²) in [4.78, 5) is 11.1. The van der Waals surface area contributed by atoms with Crippen molar-refractivity contribution in [2.75, 3.05) is 6.61 Å². The van der Waals surface area contributed by atoms with Gasteiger partial charge in [0.1, 0.15) is 5.75 Å². The third-order valence-electron chi connectivity index (χ3n) is 4.83. The molecule has 0 saturated heterocycles. The van der Waals surface area contributed by atoms with E-state index in [4.69, 9.17) is 9.84 Å². The van der Waals surface area contributed by atoms with Crippen LogP contribution in [0.4, 0.5) is 0 Å². The van der Waals surface area contributed by atoms with Crippen molar-refractivity contribution in [2.24, 2.45) is 5.92 Å². The fourth-order valence-corrected chi connectivity index (χ4v) is 3.41. The quantitative estimate of drug-likeness (QED) is 0.435. The first kappa shape index (κ1) is 20.2. The maximum Gasteiger partial charge on any atom is 0.335 e. The highest BCUT2D eigenvalue weighted by atomic mass is 79.9. The van der Waals surface area contributed by atoms with E-state index in [1.165, 1.54) is 0 Å². The molecular weight excluding hydrogens is 416 g/mol. The Bertz CT molecular complexity index is 964. The van der Waals surface area contributed by atoms with Gasteiger partial charge in [-0.2, -0.15) is 0 Å². The zero-order valence-corrected chi connectivity index (χ0v) is 17.6. The number of carboxylic acid groups (broad SMARTS) is 1. The standard InChI is InChI=1S/C24H23BrO3/c1-3-16(2)15-28-23-13-12-19(14-22(23)25)21-7-5-4-6-20(21)17-8-10-18(11-9-17)24(26)27/h4-14,16H,3,15H2,1-2H3,(H,26,27). The predicted molar refractivity (Wildman–Crippen MR) is 117 cm³/mol. The lowest BCUT2D eigenvalue weighted by molar-refractivity contribution is 0.0697. The molecule has 1 N–H and O–H groups in total. The number of benzene rings is 3. The van der Waals surface area contributed by atoms with Crippen LogP contribution in [0.3, 0.4) is 0 Å². The summed E-state index contributed by atoms with van der Waals surface area (Å²) in [6.45, 7) is 5.03. The third-order valence-corrected chi connectivity index (χ3v) is 5.45. The lowest BCUT2D eigenvalue weighted by Crippen LogP contribution is -2.07. The molecule has 28 heavy (non-hydrogen) atoms. The number of halogens is 1. The van der Waals surface area contributed by atoms with E-state index in [9.17, 15) is 4.79 Å². The van der Waals surface area contributed by atoms with Gasteiger partial charge in [0.25, 0.3) is 0 Å². The summed E-state index contributed by atoms with van der Waals surface area (Å²) in [6, 6.07) is 21.2. The van der Waals surface area contributed by atoms with E-state index in [1.54, 1.807) is 12.1 Å². The second-order valence-corrected chi connectivity index (χ2v) is 7.75. The van der Waals surface area contributed by atoms with E-state index in [1.807, 2.05) is 36.4 Å². The first-order chi connectivity index (χ1) is 13.5. The number of ether oxygens (including phenoxy) is 1. The van der Waals surface area contributed by atoms with Crippen molar-refractivity contribution in [3.05, 3.63) is 76.8 Å². The average Bonchev–Trinajstić information content (AvgIpc) is 2.72. The zero-order valence-electron chi connectivity index (χ0n) is 16.0. The molecule has 0 spiro atoms. The Morgan fingerprint density at radius 2 is 1.61 bits per heavy atom. The average molecular weight is 439 g/mol. The highest BCUT2D eigenvalue weighted by Crippen LogP contribution is 2.36. The van der Waals surface area contributed by atoms with Crippen LogP contribution < -0.4 is 4.74 Å². The van der Waals surface area contributed by atoms with Gasteiger partial charge in [-0.25, -0.2) is 4.79 Å². The minimum atomic E-state index is -0.920. The molecule has 0 aromatic heterocycles. The molecule has 3 nitrogen and oxygen atoms in total. The largest absolute Gasteiger partial charge is 0.492 e. The van der Waals surface area contributed by atoms with Gasteiger partial charge in [-0.1, -0.05) is 62.7 Å². The first-order valence-corrected chi connectivity index (χ1v) is 10.1. The highest BCUT2D eigenvalue weighted by molar-refractivity contribution is 9.10. The van der Waals surface area contributed by atoms with Gasteiger partial charge in [0.2, 0.25) is 0 Å². The van der Waals surface area contributed by atoms with E-state index in [2.05, 4.69) is 48.0 Å². The van der Waals surface area contributed by atoms with Crippen molar-refractivity contribution in [1.29, 1.82) is 0 Å². The molecule has 3 aromatic rings. The smallest absolute Gasteiger partial charge is 0.335 e. The fraction of sp³-hybridized carbons (Fsp3) is 0.208. The van der Waals surface area contributed by atoms with E-state index < -0.39 is 5.97 Å². The molecule has 3 rings (SSSR count). The monoisotopic (exact) mass is 438 g/mol. The molecule has 0 aliphatic carbocycles. The Labute approximate surface area is 174 Å². The summed E-state index contributed by atoms with van der Waals surface area (Å²) < 4.78 is 6.85. The fourth-order valence-electron chi connectivity index (χ4n) is 2.91. The highest BCUT2D eigenvalue weighted by Gasteiger charge is 2.11. The molecule has 0 aliphatic rings. The summed E-state index contributed by atoms with van der Waals surface area (Å²) in [5, 5.41) is 9.11. The Hall–Kier alpha value is -2.59. The van der Waals surface area contributed by atoms with E-state index in [0.29, 0.717) is 12.5 Å².